The van der Waals surface area contributed by atoms with E-state index < -0.39 is 25.7 Å². The molecule has 1 aromatic rings. The van der Waals surface area contributed by atoms with Crippen molar-refractivity contribution in [3.8, 4) is 0 Å². The molecule has 148 valence electrons. The smallest absolute Gasteiger partial charge is 0.413 e. The van der Waals surface area contributed by atoms with E-state index in [0.717, 1.165) is 31.4 Å². The van der Waals surface area contributed by atoms with Gasteiger partial charge in [0.1, 0.15) is 0 Å². The quantitative estimate of drug-likeness (QED) is 0.607. The fourth-order valence-corrected chi connectivity index (χ4v) is 4.17. The van der Waals surface area contributed by atoms with E-state index >= 15 is 0 Å². The summed E-state index contributed by atoms with van der Waals surface area (Å²) in [4.78, 5) is 0. The second-order valence-electron chi connectivity index (χ2n) is 9.01. The van der Waals surface area contributed by atoms with Gasteiger partial charge in [0, 0.05) is 0 Å². The Hall–Kier alpha value is -0.853. The van der Waals surface area contributed by atoms with E-state index in [9.17, 15) is 18.3 Å². The van der Waals surface area contributed by atoms with Gasteiger partial charge in [-0.05, 0) is 54.2 Å². The standard InChI is InChI=1S/C20H31F3O2Si/c1-18(2,3)26(4,5)25-14-15-13-16(20(21,22)23)9-10-17(15)19(24)11-7-6-8-12-19/h9-10,13,24H,6-8,11-12,14H2,1-5H3. The molecule has 1 aromatic carbocycles. The lowest BCUT2D eigenvalue weighted by Gasteiger charge is -2.38. The average molecular weight is 389 g/mol. The zero-order chi connectivity index (χ0) is 19.8. The molecule has 0 spiro atoms. The van der Waals surface area contributed by atoms with Gasteiger partial charge in [-0.1, -0.05) is 46.1 Å². The maximum atomic E-state index is 13.2. The van der Waals surface area contributed by atoms with Crippen molar-refractivity contribution >= 4 is 8.32 Å². The lowest BCUT2D eigenvalue weighted by atomic mass is 9.77. The molecular formula is C20H31F3O2Si. The van der Waals surface area contributed by atoms with Gasteiger partial charge in [0.05, 0.1) is 17.8 Å². The highest BCUT2D eigenvalue weighted by atomic mass is 28.4. The largest absolute Gasteiger partial charge is 0.416 e. The fourth-order valence-electron chi connectivity index (χ4n) is 3.22. The van der Waals surface area contributed by atoms with Gasteiger partial charge >= 0.3 is 6.18 Å². The predicted octanol–water partition coefficient (Wildman–Crippen LogP) is 6.38. The minimum Gasteiger partial charge on any atom is -0.413 e. The molecule has 0 radical (unpaired) electrons. The molecule has 0 heterocycles. The molecule has 0 atom stereocenters. The van der Waals surface area contributed by atoms with Crippen molar-refractivity contribution in [2.24, 2.45) is 0 Å². The van der Waals surface area contributed by atoms with Crippen LogP contribution in [-0.2, 0) is 22.8 Å². The van der Waals surface area contributed by atoms with E-state index in [2.05, 4.69) is 33.9 Å². The Morgan fingerprint density at radius 2 is 1.65 bits per heavy atom. The van der Waals surface area contributed by atoms with Gasteiger partial charge in [0.2, 0.25) is 0 Å². The number of aliphatic hydroxyl groups is 1. The lowest BCUT2D eigenvalue weighted by molar-refractivity contribution is -0.137. The molecule has 6 heteroatoms. The topological polar surface area (TPSA) is 29.5 Å². The van der Waals surface area contributed by atoms with Crippen LogP contribution in [0, 0.1) is 0 Å². The number of hydrogen-bond acceptors (Lipinski definition) is 2. The van der Waals surface area contributed by atoms with Gasteiger partial charge < -0.3 is 9.53 Å². The third-order valence-corrected chi connectivity index (χ3v) is 10.5. The van der Waals surface area contributed by atoms with Gasteiger partial charge in [-0.25, -0.2) is 0 Å². The van der Waals surface area contributed by atoms with Crippen LogP contribution in [0.4, 0.5) is 13.2 Å². The Balaban J connectivity index is 2.39. The Bertz CT molecular complexity index is 627. The Labute approximate surface area is 155 Å². The van der Waals surface area contributed by atoms with E-state index in [1.54, 1.807) is 0 Å². The van der Waals surface area contributed by atoms with Crippen LogP contribution in [0.5, 0.6) is 0 Å². The first kappa shape index (κ1) is 21.4. The monoisotopic (exact) mass is 388 g/mol. The third-order valence-electron chi connectivity index (χ3n) is 6.01. The molecule has 0 amide bonds. The summed E-state index contributed by atoms with van der Waals surface area (Å²) in [5.41, 5.74) is -0.665. The molecule has 26 heavy (non-hydrogen) atoms. The van der Waals surface area contributed by atoms with Crippen molar-refractivity contribution in [3.05, 3.63) is 34.9 Å². The molecule has 1 aliphatic carbocycles. The Morgan fingerprint density at radius 3 is 2.15 bits per heavy atom. The second kappa shape index (κ2) is 7.28. The van der Waals surface area contributed by atoms with Crippen LogP contribution in [-0.4, -0.2) is 13.4 Å². The fraction of sp³-hybridized carbons (Fsp3) is 0.700. The predicted molar refractivity (Wildman–Crippen MR) is 100 cm³/mol. The van der Waals surface area contributed by atoms with Crippen molar-refractivity contribution in [3.63, 3.8) is 0 Å². The molecule has 1 N–H and O–H groups in total. The van der Waals surface area contributed by atoms with E-state index in [1.165, 1.54) is 6.07 Å². The summed E-state index contributed by atoms with van der Waals surface area (Å²) in [6.07, 6.45) is -0.394. The summed E-state index contributed by atoms with van der Waals surface area (Å²) in [5, 5.41) is 11.0. The molecular weight excluding hydrogens is 357 g/mol. The first-order valence-electron chi connectivity index (χ1n) is 9.33. The Kier molecular flexibility index (Phi) is 6.01. The van der Waals surface area contributed by atoms with Crippen LogP contribution in [0.1, 0.15) is 69.6 Å². The SMILES string of the molecule is CC(C)(C)[Si](C)(C)OCc1cc(C(F)(F)F)ccc1C1(O)CCCCC1. The van der Waals surface area contributed by atoms with Crippen molar-refractivity contribution in [1.82, 2.24) is 0 Å². The van der Waals surface area contributed by atoms with Crippen molar-refractivity contribution in [2.75, 3.05) is 0 Å². The molecule has 1 saturated carbocycles. The maximum Gasteiger partial charge on any atom is 0.416 e. The summed E-state index contributed by atoms with van der Waals surface area (Å²) in [5.74, 6) is 0. The van der Waals surface area contributed by atoms with Gasteiger partial charge in [-0.15, -0.1) is 0 Å². The number of alkyl halides is 3. The van der Waals surface area contributed by atoms with Gasteiger partial charge in [-0.3, -0.25) is 0 Å². The molecule has 1 fully saturated rings. The highest BCUT2D eigenvalue weighted by Crippen LogP contribution is 2.42. The summed E-state index contributed by atoms with van der Waals surface area (Å²) >= 11 is 0. The summed E-state index contributed by atoms with van der Waals surface area (Å²) < 4.78 is 45.8. The highest BCUT2D eigenvalue weighted by molar-refractivity contribution is 6.74. The zero-order valence-electron chi connectivity index (χ0n) is 16.5. The van der Waals surface area contributed by atoms with Crippen molar-refractivity contribution < 1.29 is 22.7 Å². The minimum atomic E-state index is -4.40. The van der Waals surface area contributed by atoms with Crippen LogP contribution < -0.4 is 0 Å². The maximum absolute atomic E-state index is 13.2. The van der Waals surface area contributed by atoms with E-state index in [-0.39, 0.29) is 11.6 Å². The van der Waals surface area contributed by atoms with Crippen molar-refractivity contribution in [2.45, 2.75) is 89.4 Å². The van der Waals surface area contributed by atoms with Crippen LogP contribution in [0.2, 0.25) is 18.1 Å². The van der Waals surface area contributed by atoms with E-state index in [1.807, 2.05) is 0 Å². The summed E-state index contributed by atoms with van der Waals surface area (Å²) in [6.45, 7) is 10.6. The van der Waals surface area contributed by atoms with Gasteiger partial charge in [0.25, 0.3) is 0 Å². The van der Waals surface area contributed by atoms with Crippen LogP contribution in [0.15, 0.2) is 18.2 Å². The first-order valence-corrected chi connectivity index (χ1v) is 12.2. The zero-order valence-corrected chi connectivity index (χ0v) is 17.5. The third kappa shape index (κ3) is 4.70. The molecule has 0 aromatic heterocycles. The van der Waals surface area contributed by atoms with Gasteiger partial charge in [-0.2, -0.15) is 13.2 Å². The van der Waals surface area contributed by atoms with Gasteiger partial charge in [0.15, 0.2) is 8.32 Å². The second-order valence-corrected chi connectivity index (χ2v) is 13.8. The minimum absolute atomic E-state index is 0.0312. The average Bonchev–Trinajstić information content (AvgIpc) is 2.51. The molecule has 0 aliphatic heterocycles. The van der Waals surface area contributed by atoms with Crippen molar-refractivity contribution in [1.29, 1.82) is 0 Å². The molecule has 2 nitrogen and oxygen atoms in total. The number of halogens is 3. The molecule has 0 unspecified atom stereocenters. The van der Waals surface area contributed by atoms with Crippen LogP contribution in [0.25, 0.3) is 0 Å². The lowest BCUT2D eigenvalue weighted by Crippen LogP contribution is -2.40. The first-order chi connectivity index (χ1) is 11.8. The number of benzene rings is 1. The number of rotatable bonds is 4. The molecule has 1 aliphatic rings. The molecule has 2 rings (SSSR count). The van der Waals surface area contributed by atoms with E-state index in [4.69, 9.17) is 4.43 Å². The summed E-state index contributed by atoms with van der Waals surface area (Å²) in [7, 11) is -2.11. The van der Waals surface area contributed by atoms with Crippen LogP contribution >= 0.6 is 0 Å². The van der Waals surface area contributed by atoms with Crippen LogP contribution in [0.3, 0.4) is 0 Å². The highest BCUT2D eigenvalue weighted by Gasteiger charge is 2.39. The number of hydrogen-bond donors (Lipinski definition) is 1. The van der Waals surface area contributed by atoms with E-state index in [0.29, 0.717) is 24.0 Å². The summed E-state index contributed by atoms with van der Waals surface area (Å²) in [6, 6.07) is 3.70. The normalized spacial score (nSPS) is 18.8. The Morgan fingerprint density at radius 1 is 1.08 bits per heavy atom. The molecule has 0 bridgehead atoms. The molecule has 0 saturated heterocycles.